The van der Waals surface area contributed by atoms with Crippen molar-refractivity contribution in [2.24, 2.45) is 0 Å². The first kappa shape index (κ1) is 9.51. The molecule has 0 aliphatic heterocycles. The number of phenols is 1. The molecular formula is C9H9FO3. The van der Waals surface area contributed by atoms with Crippen molar-refractivity contribution in [1.29, 1.82) is 0 Å². The van der Waals surface area contributed by atoms with Crippen LogP contribution < -0.4 is 0 Å². The number of aliphatic carboxylic acids is 1. The van der Waals surface area contributed by atoms with Crippen molar-refractivity contribution in [2.75, 3.05) is 0 Å². The number of hydrogen-bond donors (Lipinski definition) is 2. The molecule has 1 aromatic rings. The molecule has 0 fully saturated rings. The molecule has 70 valence electrons. The molecule has 0 saturated carbocycles. The van der Waals surface area contributed by atoms with E-state index in [1.54, 1.807) is 0 Å². The Hall–Kier alpha value is -1.58. The van der Waals surface area contributed by atoms with Gasteiger partial charge >= 0.3 is 5.97 Å². The standard InChI is InChI=1S/C9H9FO3/c1-5-6(4-9(12)13)8(11)3-2-7(5)10/h2-3,11H,4H2,1H3,(H,12,13). The van der Waals surface area contributed by atoms with E-state index in [-0.39, 0.29) is 23.3 Å². The molecule has 0 aliphatic rings. The molecule has 0 heterocycles. The molecular weight excluding hydrogens is 175 g/mol. The zero-order chi connectivity index (χ0) is 10.0. The highest BCUT2D eigenvalue weighted by Gasteiger charge is 2.12. The molecule has 13 heavy (non-hydrogen) atoms. The van der Waals surface area contributed by atoms with Gasteiger partial charge in [0.15, 0.2) is 0 Å². The fourth-order valence-corrected chi connectivity index (χ4v) is 1.09. The van der Waals surface area contributed by atoms with E-state index in [1.807, 2.05) is 0 Å². The topological polar surface area (TPSA) is 57.5 Å². The monoisotopic (exact) mass is 184 g/mol. The van der Waals surface area contributed by atoms with Crippen LogP contribution in [0.15, 0.2) is 12.1 Å². The molecule has 1 aromatic carbocycles. The first-order valence-electron chi connectivity index (χ1n) is 3.71. The Labute approximate surface area is 74.4 Å². The van der Waals surface area contributed by atoms with Crippen molar-refractivity contribution in [3.05, 3.63) is 29.1 Å². The van der Waals surface area contributed by atoms with Gasteiger partial charge in [-0.05, 0) is 24.6 Å². The average Bonchev–Trinajstić information content (AvgIpc) is 2.05. The third-order valence-corrected chi connectivity index (χ3v) is 1.84. The Balaban J connectivity index is 3.17. The second-order valence-electron chi connectivity index (χ2n) is 2.74. The minimum absolute atomic E-state index is 0.132. The van der Waals surface area contributed by atoms with E-state index < -0.39 is 11.8 Å². The van der Waals surface area contributed by atoms with Gasteiger partial charge in [0.1, 0.15) is 11.6 Å². The highest BCUT2D eigenvalue weighted by atomic mass is 19.1. The summed E-state index contributed by atoms with van der Waals surface area (Å²) in [6, 6.07) is 2.26. The van der Waals surface area contributed by atoms with Crippen LogP contribution in [0, 0.1) is 12.7 Å². The van der Waals surface area contributed by atoms with E-state index in [0.717, 1.165) is 12.1 Å². The summed E-state index contributed by atoms with van der Waals surface area (Å²) in [5, 5.41) is 17.7. The van der Waals surface area contributed by atoms with Gasteiger partial charge in [0, 0.05) is 5.56 Å². The molecule has 1 rings (SSSR count). The van der Waals surface area contributed by atoms with Crippen molar-refractivity contribution in [2.45, 2.75) is 13.3 Å². The van der Waals surface area contributed by atoms with Crippen molar-refractivity contribution in [3.8, 4) is 5.75 Å². The zero-order valence-corrected chi connectivity index (χ0v) is 7.04. The first-order chi connectivity index (χ1) is 6.02. The van der Waals surface area contributed by atoms with Crippen LogP contribution in [0.3, 0.4) is 0 Å². The third kappa shape index (κ3) is 1.96. The molecule has 4 heteroatoms. The van der Waals surface area contributed by atoms with Crippen molar-refractivity contribution in [3.63, 3.8) is 0 Å². The van der Waals surface area contributed by atoms with Crippen molar-refractivity contribution < 1.29 is 19.4 Å². The molecule has 0 spiro atoms. The maximum absolute atomic E-state index is 12.9. The van der Waals surface area contributed by atoms with Crippen LogP contribution in [0.25, 0.3) is 0 Å². The maximum atomic E-state index is 12.9. The Bertz CT molecular complexity index is 347. The van der Waals surface area contributed by atoms with Crippen LogP contribution in [-0.2, 0) is 11.2 Å². The van der Waals surface area contributed by atoms with Gasteiger partial charge in [-0.2, -0.15) is 0 Å². The summed E-state index contributed by atoms with van der Waals surface area (Å²) in [6.45, 7) is 1.44. The lowest BCUT2D eigenvalue weighted by Crippen LogP contribution is -2.03. The molecule has 0 bridgehead atoms. The summed E-state index contributed by atoms with van der Waals surface area (Å²) in [6.07, 6.45) is -0.366. The summed E-state index contributed by atoms with van der Waals surface area (Å²) in [5.74, 6) is -1.78. The van der Waals surface area contributed by atoms with E-state index in [4.69, 9.17) is 5.11 Å². The summed E-state index contributed by atoms with van der Waals surface area (Å²) in [4.78, 5) is 10.4. The number of carbonyl (C=O) groups is 1. The van der Waals surface area contributed by atoms with Crippen LogP contribution in [0.5, 0.6) is 5.75 Å². The van der Waals surface area contributed by atoms with Gasteiger partial charge in [-0.25, -0.2) is 4.39 Å². The Morgan fingerprint density at radius 1 is 1.54 bits per heavy atom. The van der Waals surface area contributed by atoms with Crippen LogP contribution >= 0.6 is 0 Å². The number of carboxylic acid groups (broad SMARTS) is 1. The smallest absolute Gasteiger partial charge is 0.307 e. The number of hydrogen-bond acceptors (Lipinski definition) is 2. The zero-order valence-electron chi connectivity index (χ0n) is 7.04. The molecule has 0 unspecified atom stereocenters. The summed E-state index contributed by atoms with van der Waals surface area (Å²) in [5.41, 5.74) is 0.315. The molecule has 3 nitrogen and oxygen atoms in total. The van der Waals surface area contributed by atoms with Crippen LogP contribution in [-0.4, -0.2) is 16.2 Å². The number of carboxylic acids is 1. The van der Waals surface area contributed by atoms with Gasteiger partial charge in [0.25, 0.3) is 0 Å². The fraction of sp³-hybridized carbons (Fsp3) is 0.222. The SMILES string of the molecule is Cc1c(F)ccc(O)c1CC(=O)O. The summed E-state index contributed by atoms with van der Waals surface area (Å²) in [7, 11) is 0. The molecule has 2 N–H and O–H groups in total. The number of halogens is 1. The molecule has 0 aromatic heterocycles. The fourth-order valence-electron chi connectivity index (χ4n) is 1.09. The first-order valence-corrected chi connectivity index (χ1v) is 3.71. The third-order valence-electron chi connectivity index (χ3n) is 1.84. The van der Waals surface area contributed by atoms with Crippen LogP contribution in [0.1, 0.15) is 11.1 Å². The largest absolute Gasteiger partial charge is 0.508 e. The molecule has 0 atom stereocenters. The Morgan fingerprint density at radius 2 is 2.15 bits per heavy atom. The lowest BCUT2D eigenvalue weighted by Gasteiger charge is -2.06. The van der Waals surface area contributed by atoms with Crippen LogP contribution in [0.2, 0.25) is 0 Å². The average molecular weight is 184 g/mol. The Morgan fingerprint density at radius 3 is 2.69 bits per heavy atom. The quantitative estimate of drug-likeness (QED) is 0.731. The van der Waals surface area contributed by atoms with Gasteiger partial charge in [-0.3, -0.25) is 4.79 Å². The van der Waals surface area contributed by atoms with Crippen molar-refractivity contribution >= 4 is 5.97 Å². The summed E-state index contributed by atoms with van der Waals surface area (Å²) < 4.78 is 12.9. The van der Waals surface area contributed by atoms with E-state index in [2.05, 4.69) is 0 Å². The lowest BCUT2D eigenvalue weighted by atomic mass is 10.0. The van der Waals surface area contributed by atoms with E-state index >= 15 is 0 Å². The molecule has 0 saturated heterocycles. The maximum Gasteiger partial charge on any atom is 0.307 e. The van der Waals surface area contributed by atoms with Gasteiger partial charge in [0.2, 0.25) is 0 Å². The number of benzene rings is 1. The Kier molecular flexibility index (Phi) is 2.51. The van der Waals surface area contributed by atoms with Crippen molar-refractivity contribution in [1.82, 2.24) is 0 Å². The predicted molar refractivity (Wildman–Crippen MR) is 44.1 cm³/mol. The molecule has 0 amide bonds. The normalized spacial score (nSPS) is 10.0. The minimum atomic E-state index is -1.09. The van der Waals surface area contributed by atoms with Crippen LogP contribution in [0.4, 0.5) is 4.39 Å². The van der Waals surface area contributed by atoms with E-state index in [9.17, 15) is 14.3 Å². The molecule has 0 radical (unpaired) electrons. The van der Waals surface area contributed by atoms with Gasteiger partial charge < -0.3 is 10.2 Å². The number of rotatable bonds is 2. The van der Waals surface area contributed by atoms with Gasteiger partial charge in [0.05, 0.1) is 6.42 Å². The van der Waals surface area contributed by atoms with E-state index in [0.29, 0.717) is 0 Å². The predicted octanol–water partition coefficient (Wildman–Crippen LogP) is 1.47. The highest BCUT2D eigenvalue weighted by molar-refractivity contribution is 5.72. The highest BCUT2D eigenvalue weighted by Crippen LogP contribution is 2.23. The summed E-state index contributed by atoms with van der Waals surface area (Å²) >= 11 is 0. The second-order valence-corrected chi connectivity index (χ2v) is 2.74. The second kappa shape index (κ2) is 3.43. The van der Waals surface area contributed by atoms with E-state index in [1.165, 1.54) is 6.92 Å². The minimum Gasteiger partial charge on any atom is -0.508 e. The molecule has 0 aliphatic carbocycles. The van der Waals surface area contributed by atoms with Gasteiger partial charge in [-0.1, -0.05) is 0 Å². The number of aromatic hydroxyl groups is 1. The lowest BCUT2D eigenvalue weighted by molar-refractivity contribution is -0.136. The number of phenolic OH excluding ortho intramolecular Hbond substituents is 1. The van der Waals surface area contributed by atoms with Gasteiger partial charge in [-0.15, -0.1) is 0 Å².